The molecule has 2 rings (SSSR count). The van der Waals surface area contributed by atoms with Crippen LogP contribution in [0, 0.1) is 0 Å². The summed E-state index contributed by atoms with van der Waals surface area (Å²) in [6.45, 7) is 0. The molecule has 2 N–H and O–H groups in total. The van der Waals surface area contributed by atoms with Crippen molar-refractivity contribution < 1.29 is 0 Å². The standard InChI is InChI=1S/C11H13N3S/c12-11(10-3-5-13-14-7-10)2-1-9-4-6-15-8-9/h3-8,11H,1-2,12H2. The van der Waals surface area contributed by atoms with Gasteiger partial charge in [0.05, 0.1) is 6.20 Å². The summed E-state index contributed by atoms with van der Waals surface area (Å²) < 4.78 is 0. The van der Waals surface area contributed by atoms with Crippen molar-refractivity contribution >= 4 is 11.3 Å². The lowest BCUT2D eigenvalue weighted by Crippen LogP contribution is -2.11. The van der Waals surface area contributed by atoms with Crippen LogP contribution in [0.5, 0.6) is 0 Å². The molecule has 0 aliphatic heterocycles. The minimum Gasteiger partial charge on any atom is -0.324 e. The van der Waals surface area contributed by atoms with Crippen LogP contribution in [0.2, 0.25) is 0 Å². The summed E-state index contributed by atoms with van der Waals surface area (Å²) in [4.78, 5) is 0. The van der Waals surface area contributed by atoms with Crippen molar-refractivity contribution in [3.8, 4) is 0 Å². The fourth-order valence-electron chi connectivity index (χ4n) is 1.44. The third-order valence-corrected chi connectivity index (χ3v) is 3.09. The lowest BCUT2D eigenvalue weighted by molar-refractivity contribution is 0.647. The van der Waals surface area contributed by atoms with Gasteiger partial charge in [0.25, 0.3) is 0 Å². The largest absolute Gasteiger partial charge is 0.324 e. The normalized spacial score (nSPS) is 12.6. The summed E-state index contributed by atoms with van der Waals surface area (Å²) in [5.41, 5.74) is 8.46. The minimum absolute atomic E-state index is 0.0559. The molecule has 78 valence electrons. The quantitative estimate of drug-likeness (QED) is 0.857. The molecule has 3 nitrogen and oxygen atoms in total. The van der Waals surface area contributed by atoms with Crippen LogP contribution < -0.4 is 5.73 Å². The molecule has 2 aromatic rings. The smallest absolute Gasteiger partial charge is 0.0543 e. The maximum Gasteiger partial charge on any atom is 0.0543 e. The van der Waals surface area contributed by atoms with Gasteiger partial charge in [0.15, 0.2) is 0 Å². The number of rotatable bonds is 4. The highest BCUT2D eigenvalue weighted by Gasteiger charge is 2.06. The van der Waals surface area contributed by atoms with Gasteiger partial charge in [0, 0.05) is 12.2 Å². The lowest BCUT2D eigenvalue weighted by Gasteiger charge is -2.09. The van der Waals surface area contributed by atoms with Crippen LogP contribution in [-0.4, -0.2) is 10.2 Å². The second-order valence-electron chi connectivity index (χ2n) is 3.45. The summed E-state index contributed by atoms with van der Waals surface area (Å²) in [6.07, 6.45) is 5.38. The van der Waals surface area contributed by atoms with E-state index in [4.69, 9.17) is 5.73 Å². The number of aryl methyl sites for hydroxylation is 1. The first-order valence-electron chi connectivity index (χ1n) is 4.89. The highest BCUT2D eigenvalue weighted by molar-refractivity contribution is 7.07. The van der Waals surface area contributed by atoms with E-state index in [1.54, 1.807) is 23.7 Å². The van der Waals surface area contributed by atoms with Gasteiger partial charge in [0.1, 0.15) is 0 Å². The van der Waals surface area contributed by atoms with Crippen molar-refractivity contribution in [2.45, 2.75) is 18.9 Å². The maximum atomic E-state index is 6.05. The van der Waals surface area contributed by atoms with E-state index in [1.165, 1.54) is 5.56 Å². The molecule has 2 heterocycles. The predicted octanol–water partition coefficient (Wildman–Crippen LogP) is 2.17. The first-order valence-corrected chi connectivity index (χ1v) is 5.84. The molecule has 0 bridgehead atoms. The second-order valence-corrected chi connectivity index (χ2v) is 4.23. The Morgan fingerprint density at radius 3 is 2.93 bits per heavy atom. The number of hydrogen-bond acceptors (Lipinski definition) is 4. The Morgan fingerprint density at radius 1 is 1.33 bits per heavy atom. The van der Waals surface area contributed by atoms with Gasteiger partial charge < -0.3 is 5.73 Å². The van der Waals surface area contributed by atoms with Crippen molar-refractivity contribution in [1.29, 1.82) is 0 Å². The van der Waals surface area contributed by atoms with Crippen LogP contribution in [0.4, 0.5) is 0 Å². The van der Waals surface area contributed by atoms with Crippen LogP contribution in [0.1, 0.15) is 23.6 Å². The van der Waals surface area contributed by atoms with Crippen LogP contribution in [0.3, 0.4) is 0 Å². The minimum atomic E-state index is 0.0559. The molecule has 0 fully saturated rings. The Bertz CT molecular complexity index is 385. The van der Waals surface area contributed by atoms with E-state index in [0.29, 0.717) is 0 Å². The SMILES string of the molecule is NC(CCc1ccsc1)c1ccnnc1. The van der Waals surface area contributed by atoms with Gasteiger partial charge in [0.2, 0.25) is 0 Å². The Balaban J connectivity index is 1.90. The predicted molar refractivity (Wildman–Crippen MR) is 61.6 cm³/mol. The van der Waals surface area contributed by atoms with Crippen LogP contribution in [0.25, 0.3) is 0 Å². The van der Waals surface area contributed by atoms with E-state index in [9.17, 15) is 0 Å². The summed E-state index contributed by atoms with van der Waals surface area (Å²) in [6, 6.07) is 4.12. The Morgan fingerprint density at radius 2 is 2.27 bits per heavy atom. The molecule has 1 unspecified atom stereocenters. The zero-order valence-electron chi connectivity index (χ0n) is 8.34. The van der Waals surface area contributed by atoms with Crippen molar-refractivity contribution in [1.82, 2.24) is 10.2 Å². The molecular formula is C11H13N3S. The molecule has 0 aromatic carbocycles. The molecule has 0 radical (unpaired) electrons. The number of aromatic nitrogens is 2. The van der Waals surface area contributed by atoms with Crippen LogP contribution >= 0.6 is 11.3 Å². The highest BCUT2D eigenvalue weighted by atomic mass is 32.1. The lowest BCUT2D eigenvalue weighted by atomic mass is 10.0. The molecule has 4 heteroatoms. The van der Waals surface area contributed by atoms with Gasteiger partial charge >= 0.3 is 0 Å². The van der Waals surface area contributed by atoms with Gasteiger partial charge in [-0.3, -0.25) is 0 Å². The molecular weight excluding hydrogens is 206 g/mol. The Labute approximate surface area is 93.0 Å². The summed E-state index contributed by atoms with van der Waals surface area (Å²) in [5, 5.41) is 11.8. The van der Waals surface area contributed by atoms with E-state index >= 15 is 0 Å². The Kier molecular flexibility index (Phi) is 3.42. The van der Waals surface area contributed by atoms with Gasteiger partial charge in [-0.2, -0.15) is 21.5 Å². The van der Waals surface area contributed by atoms with Gasteiger partial charge in [-0.05, 0) is 46.9 Å². The van der Waals surface area contributed by atoms with E-state index < -0.39 is 0 Å². The molecule has 1 atom stereocenters. The van der Waals surface area contributed by atoms with Gasteiger partial charge in [-0.25, -0.2) is 0 Å². The average molecular weight is 219 g/mol. The number of nitrogens with zero attached hydrogens (tertiary/aromatic N) is 2. The summed E-state index contributed by atoms with van der Waals surface area (Å²) in [5.74, 6) is 0. The second kappa shape index (κ2) is 5.00. The van der Waals surface area contributed by atoms with Crippen molar-refractivity contribution in [3.05, 3.63) is 46.4 Å². The van der Waals surface area contributed by atoms with E-state index in [0.717, 1.165) is 18.4 Å². The first-order chi connectivity index (χ1) is 7.36. The molecule has 0 spiro atoms. The van der Waals surface area contributed by atoms with Crippen molar-refractivity contribution in [3.63, 3.8) is 0 Å². The van der Waals surface area contributed by atoms with E-state index in [2.05, 4.69) is 27.0 Å². The van der Waals surface area contributed by atoms with Crippen LogP contribution in [-0.2, 0) is 6.42 Å². The number of hydrogen-bond donors (Lipinski definition) is 1. The van der Waals surface area contributed by atoms with Crippen LogP contribution in [0.15, 0.2) is 35.3 Å². The summed E-state index contributed by atoms with van der Waals surface area (Å²) in [7, 11) is 0. The number of thiophene rings is 1. The molecule has 15 heavy (non-hydrogen) atoms. The molecule has 0 aliphatic carbocycles. The zero-order valence-corrected chi connectivity index (χ0v) is 9.15. The van der Waals surface area contributed by atoms with Crippen molar-refractivity contribution in [2.75, 3.05) is 0 Å². The third kappa shape index (κ3) is 2.84. The summed E-state index contributed by atoms with van der Waals surface area (Å²) >= 11 is 1.72. The highest BCUT2D eigenvalue weighted by Crippen LogP contribution is 2.16. The molecule has 0 saturated carbocycles. The molecule has 0 amide bonds. The monoisotopic (exact) mass is 219 g/mol. The molecule has 2 aromatic heterocycles. The van der Waals surface area contributed by atoms with Gasteiger partial charge in [-0.1, -0.05) is 0 Å². The van der Waals surface area contributed by atoms with E-state index in [-0.39, 0.29) is 6.04 Å². The first kappa shape index (κ1) is 10.3. The Hall–Kier alpha value is -1.26. The fourth-order valence-corrected chi connectivity index (χ4v) is 2.15. The van der Waals surface area contributed by atoms with Crippen molar-refractivity contribution in [2.24, 2.45) is 5.73 Å². The third-order valence-electron chi connectivity index (χ3n) is 2.36. The van der Waals surface area contributed by atoms with Gasteiger partial charge in [-0.15, -0.1) is 0 Å². The molecule has 0 aliphatic rings. The zero-order chi connectivity index (χ0) is 10.5. The average Bonchev–Trinajstić information content (AvgIpc) is 2.80. The number of nitrogens with two attached hydrogens (primary N) is 1. The molecule has 0 saturated heterocycles. The topological polar surface area (TPSA) is 51.8 Å². The maximum absolute atomic E-state index is 6.05. The van der Waals surface area contributed by atoms with E-state index in [1.807, 2.05) is 6.07 Å². The fraction of sp³-hybridized carbons (Fsp3) is 0.273.